The van der Waals surface area contributed by atoms with Crippen LogP contribution in [0, 0.1) is 5.82 Å². The lowest BCUT2D eigenvalue weighted by Crippen LogP contribution is -2.06. The molecular weight excluding hydrogens is 269 g/mol. The number of H-pyrrole nitrogens is 1. The third-order valence-corrected chi connectivity index (χ3v) is 3.20. The van der Waals surface area contributed by atoms with Crippen LogP contribution in [0.2, 0.25) is 0 Å². The molecule has 1 heterocycles. The second-order valence-electron chi connectivity index (χ2n) is 4.74. The van der Waals surface area contributed by atoms with Crippen molar-refractivity contribution in [1.82, 2.24) is 20.6 Å². The number of aromatic amines is 1. The van der Waals surface area contributed by atoms with Gasteiger partial charge in [0.15, 0.2) is 0 Å². The molecule has 0 fully saturated rings. The van der Waals surface area contributed by atoms with Gasteiger partial charge in [-0.2, -0.15) is 5.21 Å². The average Bonchev–Trinajstić information content (AvgIpc) is 3.02. The number of hydrogen-bond donors (Lipinski definition) is 2. The van der Waals surface area contributed by atoms with Crippen LogP contribution in [0.25, 0.3) is 11.4 Å². The molecule has 0 saturated carbocycles. The molecule has 0 aliphatic carbocycles. The smallest absolute Gasteiger partial charge is 0.204 e. The number of anilines is 1. The van der Waals surface area contributed by atoms with E-state index in [1.165, 1.54) is 12.1 Å². The SMILES string of the molecule is CC(Nc1cccc(-c2nn[nH]n2)c1)c1cccc(F)c1. The van der Waals surface area contributed by atoms with E-state index in [4.69, 9.17) is 0 Å². The third-order valence-electron chi connectivity index (χ3n) is 3.20. The van der Waals surface area contributed by atoms with Gasteiger partial charge in [0.05, 0.1) is 0 Å². The summed E-state index contributed by atoms with van der Waals surface area (Å²) in [4.78, 5) is 0. The molecule has 2 N–H and O–H groups in total. The lowest BCUT2D eigenvalue weighted by atomic mass is 10.1. The number of aromatic nitrogens is 4. The van der Waals surface area contributed by atoms with Crippen molar-refractivity contribution < 1.29 is 4.39 Å². The van der Waals surface area contributed by atoms with Gasteiger partial charge < -0.3 is 5.32 Å². The molecule has 6 heteroatoms. The van der Waals surface area contributed by atoms with E-state index < -0.39 is 0 Å². The summed E-state index contributed by atoms with van der Waals surface area (Å²) in [7, 11) is 0. The topological polar surface area (TPSA) is 66.5 Å². The van der Waals surface area contributed by atoms with Crippen LogP contribution in [0.3, 0.4) is 0 Å². The van der Waals surface area contributed by atoms with Gasteiger partial charge >= 0.3 is 0 Å². The van der Waals surface area contributed by atoms with E-state index in [-0.39, 0.29) is 11.9 Å². The molecule has 0 radical (unpaired) electrons. The molecule has 3 aromatic rings. The van der Waals surface area contributed by atoms with Crippen molar-refractivity contribution in [1.29, 1.82) is 0 Å². The average molecular weight is 283 g/mol. The Labute approximate surface area is 121 Å². The van der Waals surface area contributed by atoms with Crippen molar-refractivity contribution in [3.63, 3.8) is 0 Å². The summed E-state index contributed by atoms with van der Waals surface area (Å²) in [6.45, 7) is 1.98. The van der Waals surface area contributed by atoms with E-state index in [0.29, 0.717) is 5.82 Å². The molecule has 1 unspecified atom stereocenters. The molecule has 0 spiro atoms. The predicted molar refractivity (Wildman–Crippen MR) is 78.1 cm³/mol. The van der Waals surface area contributed by atoms with Gasteiger partial charge in [-0.1, -0.05) is 24.3 Å². The summed E-state index contributed by atoms with van der Waals surface area (Å²) >= 11 is 0. The minimum Gasteiger partial charge on any atom is -0.379 e. The summed E-state index contributed by atoms with van der Waals surface area (Å²) in [6, 6.07) is 14.2. The van der Waals surface area contributed by atoms with Crippen molar-refractivity contribution in [2.45, 2.75) is 13.0 Å². The van der Waals surface area contributed by atoms with E-state index >= 15 is 0 Å². The highest BCUT2D eigenvalue weighted by atomic mass is 19.1. The first-order chi connectivity index (χ1) is 10.2. The van der Waals surface area contributed by atoms with Crippen LogP contribution < -0.4 is 5.32 Å². The van der Waals surface area contributed by atoms with Crippen molar-refractivity contribution in [3.05, 3.63) is 59.9 Å². The zero-order valence-electron chi connectivity index (χ0n) is 11.4. The maximum atomic E-state index is 13.3. The van der Waals surface area contributed by atoms with Crippen LogP contribution in [0.4, 0.5) is 10.1 Å². The van der Waals surface area contributed by atoms with Crippen LogP contribution in [0.1, 0.15) is 18.5 Å². The van der Waals surface area contributed by atoms with E-state index in [9.17, 15) is 4.39 Å². The first-order valence-corrected chi connectivity index (χ1v) is 6.58. The third kappa shape index (κ3) is 3.05. The molecule has 1 atom stereocenters. The van der Waals surface area contributed by atoms with Gasteiger partial charge in [-0.05, 0) is 42.0 Å². The number of tetrazole rings is 1. The highest BCUT2D eigenvalue weighted by Gasteiger charge is 2.08. The lowest BCUT2D eigenvalue weighted by Gasteiger charge is -2.16. The Morgan fingerprint density at radius 3 is 2.76 bits per heavy atom. The van der Waals surface area contributed by atoms with Crippen LogP contribution >= 0.6 is 0 Å². The minimum atomic E-state index is -0.235. The van der Waals surface area contributed by atoms with Gasteiger partial charge in [-0.15, -0.1) is 10.2 Å². The predicted octanol–water partition coefficient (Wildman–Crippen LogP) is 3.18. The second kappa shape index (κ2) is 5.70. The number of hydrogen-bond acceptors (Lipinski definition) is 4. The summed E-state index contributed by atoms with van der Waals surface area (Å²) in [6.07, 6.45) is 0. The number of benzene rings is 2. The van der Waals surface area contributed by atoms with Crippen LogP contribution in [0.5, 0.6) is 0 Å². The minimum absolute atomic E-state index is 0.0128. The normalized spacial score (nSPS) is 12.1. The van der Waals surface area contributed by atoms with Crippen LogP contribution in [-0.2, 0) is 0 Å². The molecule has 3 rings (SSSR count). The van der Waals surface area contributed by atoms with Crippen molar-refractivity contribution in [2.24, 2.45) is 0 Å². The van der Waals surface area contributed by atoms with E-state index in [1.807, 2.05) is 37.3 Å². The Bertz CT molecular complexity index is 726. The Kier molecular flexibility index (Phi) is 3.59. The Morgan fingerprint density at radius 2 is 2.00 bits per heavy atom. The Balaban J connectivity index is 1.80. The van der Waals surface area contributed by atoms with Crippen molar-refractivity contribution in [2.75, 3.05) is 5.32 Å². The maximum absolute atomic E-state index is 13.3. The molecule has 21 heavy (non-hydrogen) atoms. The zero-order valence-corrected chi connectivity index (χ0v) is 11.4. The van der Waals surface area contributed by atoms with E-state index in [0.717, 1.165) is 16.8 Å². The van der Waals surface area contributed by atoms with Crippen molar-refractivity contribution >= 4 is 5.69 Å². The number of rotatable bonds is 4. The molecule has 106 valence electrons. The quantitative estimate of drug-likeness (QED) is 0.771. The molecule has 1 aromatic heterocycles. The molecular formula is C15H14FN5. The maximum Gasteiger partial charge on any atom is 0.204 e. The zero-order chi connectivity index (χ0) is 14.7. The Hall–Kier alpha value is -2.76. The molecule has 0 amide bonds. The molecule has 2 aromatic carbocycles. The first-order valence-electron chi connectivity index (χ1n) is 6.58. The number of nitrogens with one attached hydrogen (secondary N) is 2. The van der Waals surface area contributed by atoms with Gasteiger partial charge in [0.25, 0.3) is 0 Å². The number of halogens is 1. The highest BCUT2D eigenvalue weighted by Crippen LogP contribution is 2.23. The fourth-order valence-corrected chi connectivity index (χ4v) is 2.14. The van der Waals surface area contributed by atoms with E-state index in [1.54, 1.807) is 6.07 Å². The monoisotopic (exact) mass is 283 g/mol. The summed E-state index contributed by atoms with van der Waals surface area (Å²) in [5.74, 6) is 0.304. The van der Waals surface area contributed by atoms with Crippen LogP contribution in [-0.4, -0.2) is 20.6 Å². The van der Waals surface area contributed by atoms with Gasteiger partial charge in [0.1, 0.15) is 5.82 Å². The van der Waals surface area contributed by atoms with Gasteiger partial charge in [0.2, 0.25) is 5.82 Å². The molecule has 0 saturated heterocycles. The van der Waals surface area contributed by atoms with Gasteiger partial charge in [0, 0.05) is 17.3 Å². The fraction of sp³-hybridized carbons (Fsp3) is 0.133. The fourth-order valence-electron chi connectivity index (χ4n) is 2.14. The first kappa shape index (κ1) is 13.2. The summed E-state index contributed by atoms with van der Waals surface area (Å²) < 4.78 is 13.3. The van der Waals surface area contributed by atoms with Crippen molar-refractivity contribution in [3.8, 4) is 11.4 Å². The molecule has 0 bridgehead atoms. The Morgan fingerprint density at radius 1 is 1.14 bits per heavy atom. The molecule has 0 aliphatic heterocycles. The highest BCUT2D eigenvalue weighted by molar-refractivity contribution is 5.62. The molecule has 5 nitrogen and oxygen atoms in total. The van der Waals surface area contributed by atoms with E-state index in [2.05, 4.69) is 25.9 Å². The van der Waals surface area contributed by atoms with Crippen LogP contribution in [0.15, 0.2) is 48.5 Å². The molecule has 0 aliphatic rings. The number of nitrogens with zero attached hydrogens (tertiary/aromatic N) is 3. The largest absolute Gasteiger partial charge is 0.379 e. The summed E-state index contributed by atoms with van der Waals surface area (Å²) in [5, 5.41) is 17.2. The summed E-state index contributed by atoms with van der Waals surface area (Å²) in [5.41, 5.74) is 2.66. The second-order valence-corrected chi connectivity index (χ2v) is 4.74. The van der Waals surface area contributed by atoms with Gasteiger partial charge in [-0.3, -0.25) is 0 Å². The lowest BCUT2D eigenvalue weighted by molar-refractivity contribution is 0.623. The standard InChI is InChI=1S/C15H14FN5/c1-10(11-4-2-6-13(16)8-11)17-14-7-3-5-12(9-14)15-18-20-21-19-15/h2-10,17H,1H3,(H,18,19,20,21). The van der Waals surface area contributed by atoms with Gasteiger partial charge in [-0.25, -0.2) is 4.39 Å².